The topological polar surface area (TPSA) is 79.5 Å². The number of allylic oxidation sites excluding steroid dienone is 2. The Hall–Kier alpha value is -4.24. The predicted octanol–water partition coefficient (Wildman–Crippen LogP) is 5.99. The average Bonchev–Trinajstić information content (AvgIpc) is 2.90. The molecule has 0 saturated heterocycles. The quantitative estimate of drug-likeness (QED) is 0.357. The monoisotopic (exact) mass is 474 g/mol. The zero-order valence-electron chi connectivity index (χ0n) is 20.0. The number of para-hydroxylation sites is 1. The maximum atomic E-state index is 14.3. The van der Waals surface area contributed by atoms with Crippen molar-refractivity contribution in [2.75, 3.05) is 0 Å². The van der Waals surface area contributed by atoms with Gasteiger partial charge in [-0.1, -0.05) is 50.3 Å². The third kappa shape index (κ3) is 3.27. The van der Waals surface area contributed by atoms with Crippen LogP contribution in [0.4, 0.5) is 4.39 Å². The number of carbonyl (C=O) groups excluding carboxylic acids is 1. The molecular weight excluding hydrogens is 451 g/mol. The van der Waals surface area contributed by atoms with Crippen molar-refractivity contribution in [1.82, 2.24) is 15.0 Å². The van der Waals surface area contributed by atoms with Crippen LogP contribution in [0.5, 0.6) is 0 Å². The molecule has 0 saturated carbocycles. The molecule has 5 nitrogen and oxygen atoms in total. The summed E-state index contributed by atoms with van der Waals surface area (Å²) in [5.74, 6) is -0.208. The highest BCUT2D eigenvalue weighted by molar-refractivity contribution is 6.02. The van der Waals surface area contributed by atoms with Crippen LogP contribution in [-0.4, -0.2) is 20.7 Å². The number of carbonyl (C=O) groups is 1. The Kier molecular flexibility index (Phi) is 5.04. The van der Waals surface area contributed by atoms with Gasteiger partial charge in [0.1, 0.15) is 11.9 Å². The summed E-state index contributed by atoms with van der Waals surface area (Å²) >= 11 is 0. The van der Waals surface area contributed by atoms with Crippen LogP contribution in [0.1, 0.15) is 31.5 Å². The largest absolute Gasteiger partial charge is 0.293 e. The summed E-state index contributed by atoms with van der Waals surface area (Å²) in [6.45, 7) is 3.97. The van der Waals surface area contributed by atoms with E-state index in [9.17, 15) is 14.4 Å². The molecule has 2 heterocycles. The number of rotatable bonds is 2. The molecule has 0 aliphatic heterocycles. The predicted molar refractivity (Wildman–Crippen MR) is 135 cm³/mol. The fraction of sp³-hybridized carbons (Fsp3) is 0.233. The molecule has 0 radical (unpaired) electrons. The number of pyridine rings is 1. The molecule has 0 spiro atoms. The minimum Gasteiger partial charge on any atom is -0.293 e. The molecule has 0 bridgehead atoms. The molecule has 36 heavy (non-hydrogen) atoms. The maximum absolute atomic E-state index is 14.3. The van der Waals surface area contributed by atoms with Crippen LogP contribution in [0.15, 0.2) is 72.4 Å². The number of hydrogen-bond donors (Lipinski definition) is 0. The Bertz CT molecular complexity index is 1630. The summed E-state index contributed by atoms with van der Waals surface area (Å²) in [6, 6.07) is 18.3. The number of benzene rings is 2. The van der Waals surface area contributed by atoms with Crippen molar-refractivity contribution in [2.45, 2.75) is 32.1 Å². The Labute approximate surface area is 208 Å². The highest BCUT2D eigenvalue weighted by atomic mass is 19.1. The van der Waals surface area contributed by atoms with Crippen molar-refractivity contribution < 1.29 is 9.18 Å². The number of fused-ring (bicyclic) bond motifs is 4. The minimum absolute atomic E-state index is 0.00638. The van der Waals surface area contributed by atoms with E-state index in [1.807, 2.05) is 43.3 Å². The van der Waals surface area contributed by atoms with Crippen molar-refractivity contribution >= 4 is 16.7 Å². The van der Waals surface area contributed by atoms with Crippen molar-refractivity contribution in [3.8, 4) is 28.7 Å². The molecule has 6 rings (SSSR count). The first-order valence-electron chi connectivity index (χ1n) is 12.1. The number of nitriles is 1. The van der Waals surface area contributed by atoms with Gasteiger partial charge in [-0.25, -0.2) is 14.4 Å². The molecule has 2 aromatic carbocycles. The van der Waals surface area contributed by atoms with Crippen LogP contribution >= 0.6 is 0 Å². The normalized spacial score (nSPS) is 22.9. The lowest BCUT2D eigenvalue weighted by Crippen LogP contribution is -2.46. The first-order valence-corrected chi connectivity index (χ1v) is 12.1. The summed E-state index contributed by atoms with van der Waals surface area (Å²) in [5, 5.41) is 10.6. The Morgan fingerprint density at radius 3 is 2.75 bits per heavy atom. The first kappa shape index (κ1) is 22.2. The number of nitrogens with zero attached hydrogens (tertiary/aromatic N) is 4. The zero-order valence-corrected chi connectivity index (χ0v) is 20.0. The maximum Gasteiger partial charge on any atom is 0.176 e. The van der Waals surface area contributed by atoms with E-state index in [1.165, 1.54) is 12.1 Å². The van der Waals surface area contributed by atoms with Gasteiger partial charge in [0.05, 0.1) is 22.5 Å². The van der Waals surface area contributed by atoms with Crippen LogP contribution in [0.2, 0.25) is 0 Å². The molecule has 2 aliphatic rings. The highest BCUT2D eigenvalue weighted by Gasteiger charge is 2.49. The highest BCUT2D eigenvalue weighted by Crippen LogP contribution is 2.51. The molecule has 176 valence electrons. The van der Waals surface area contributed by atoms with E-state index in [0.717, 1.165) is 34.1 Å². The third-order valence-electron chi connectivity index (χ3n) is 7.83. The first-order chi connectivity index (χ1) is 17.4. The van der Waals surface area contributed by atoms with Gasteiger partial charge in [0.2, 0.25) is 0 Å². The molecule has 2 unspecified atom stereocenters. The van der Waals surface area contributed by atoms with Crippen LogP contribution in [0.25, 0.3) is 33.5 Å². The van der Waals surface area contributed by atoms with Crippen molar-refractivity contribution in [2.24, 2.45) is 11.8 Å². The number of Topliss-reactive ketones (excluding diaryl/α,β-unsaturated/α-hetero) is 1. The number of aromatic nitrogens is 3. The number of hydrogen-bond acceptors (Lipinski definition) is 5. The molecule has 2 aromatic heterocycles. The Balaban J connectivity index is 1.69. The standard InChI is InChI=1S/C30H23FN4O/c1-17-24-11-10-23-26(18-6-5-7-20(31)14-18)34-29(22-12-13-33-25-9-4-3-8-21(22)25)35-28(23)30(24,2)15-19(16-32)27(17)36/h3-9,12-15,17,24H,10-11H2,1-2H3/t17?,24?,30-/m1/s1. The lowest BCUT2D eigenvalue weighted by atomic mass is 9.57. The molecule has 3 atom stereocenters. The van der Waals surface area contributed by atoms with Gasteiger partial charge >= 0.3 is 0 Å². The molecule has 0 amide bonds. The van der Waals surface area contributed by atoms with E-state index >= 15 is 0 Å². The minimum atomic E-state index is -0.630. The van der Waals surface area contributed by atoms with E-state index in [0.29, 0.717) is 23.5 Å². The second kappa shape index (κ2) is 8.17. The van der Waals surface area contributed by atoms with Crippen LogP contribution in [-0.2, 0) is 16.6 Å². The van der Waals surface area contributed by atoms with Crippen LogP contribution in [0, 0.1) is 29.0 Å². The van der Waals surface area contributed by atoms with Gasteiger partial charge in [0.15, 0.2) is 11.6 Å². The van der Waals surface area contributed by atoms with Crippen LogP contribution < -0.4 is 0 Å². The summed E-state index contributed by atoms with van der Waals surface area (Å²) < 4.78 is 14.3. The molecule has 6 heteroatoms. The van der Waals surface area contributed by atoms with Gasteiger partial charge < -0.3 is 0 Å². The molecule has 4 aromatic rings. The lowest BCUT2D eigenvalue weighted by Gasteiger charge is -2.45. The van der Waals surface area contributed by atoms with E-state index < -0.39 is 5.41 Å². The molecule has 0 fully saturated rings. The van der Waals surface area contributed by atoms with E-state index in [2.05, 4.69) is 18.0 Å². The second-order valence-corrected chi connectivity index (χ2v) is 9.86. The fourth-order valence-corrected chi connectivity index (χ4v) is 6.06. The zero-order chi connectivity index (χ0) is 25.0. The van der Waals surface area contributed by atoms with Gasteiger partial charge in [0, 0.05) is 39.6 Å². The van der Waals surface area contributed by atoms with Crippen LogP contribution in [0.3, 0.4) is 0 Å². The Morgan fingerprint density at radius 1 is 1.11 bits per heavy atom. The van der Waals surface area contributed by atoms with Gasteiger partial charge in [0.25, 0.3) is 0 Å². The van der Waals surface area contributed by atoms with Crippen molar-refractivity contribution in [3.63, 3.8) is 0 Å². The number of halogens is 1. The van der Waals surface area contributed by atoms with E-state index in [1.54, 1.807) is 18.3 Å². The average molecular weight is 475 g/mol. The molecule has 0 N–H and O–H groups in total. The van der Waals surface area contributed by atoms with Gasteiger partial charge in [-0.2, -0.15) is 5.26 Å². The third-order valence-corrected chi connectivity index (χ3v) is 7.83. The van der Waals surface area contributed by atoms with Gasteiger partial charge in [-0.3, -0.25) is 9.78 Å². The Morgan fingerprint density at radius 2 is 1.94 bits per heavy atom. The summed E-state index contributed by atoms with van der Waals surface area (Å²) in [5.41, 5.74) is 4.32. The second-order valence-electron chi connectivity index (χ2n) is 9.86. The van der Waals surface area contributed by atoms with Crippen molar-refractivity contribution in [3.05, 3.63) is 89.5 Å². The van der Waals surface area contributed by atoms with Gasteiger partial charge in [-0.05, 0) is 43.0 Å². The van der Waals surface area contributed by atoms with Crippen molar-refractivity contribution in [1.29, 1.82) is 5.26 Å². The summed E-state index contributed by atoms with van der Waals surface area (Å²) in [4.78, 5) is 27.5. The summed E-state index contributed by atoms with van der Waals surface area (Å²) in [6.07, 6.45) is 4.97. The lowest BCUT2D eigenvalue weighted by molar-refractivity contribution is -0.121. The van der Waals surface area contributed by atoms with E-state index in [-0.39, 0.29) is 29.0 Å². The summed E-state index contributed by atoms with van der Waals surface area (Å²) in [7, 11) is 0. The van der Waals surface area contributed by atoms with Gasteiger partial charge in [-0.15, -0.1) is 0 Å². The number of ketones is 1. The molecule has 2 aliphatic carbocycles. The molecular formula is C30H23FN4O. The van der Waals surface area contributed by atoms with E-state index in [4.69, 9.17) is 9.97 Å². The smallest absolute Gasteiger partial charge is 0.176 e. The SMILES string of the molecule is CC1C(=O)C(C#N)=C[C@@]2(C)c3nc(-c4ccnc5ccccc45)nc(-c4cccc(F)c4)c3CCC12. The fourth-order valence-electron chi connectivity index (χ4n) is 6.06.